The van der Waals surface area contributed by atoms with Crippen molar-refractivity contribution in [3.8, 4) is 0 Å². The van der Waals surface area contributed by atoms with Gasteiger partial charge in [-0.3, -0.25) is 0 Å². The number of halogens is 1. The molecule has 66 valence electrons. The van der Waals surface area contributed by atoms with E-state index in [4.69, 9.17) is 10.8 Å². The molecule has 0 bridgehead atoms. The lowest BCUT2D eigenvalue weighted by atomic mass is 10.1. The van der Waals surface area contributed by atoms with Crippen LogP contribution < -0.4 is 5.73 Å². The first-order valence-corrected chi connectivity index (χ1v) is 3.83. The summed E-state index contributed by atoms with van der Waals surface area (Å²) in [5.74, 6) is 0. The van der Waals surface area contributed by atoms with E-state index in [2.05, 4.69) is 0 Å². The van der Waals surface area contributed by atoms with Gasteiger partial charge in [0.1, 0.15) is 6.10 Å². The predicted molar refractivity (Wildman–Crippen MR) is 45.4 cm³/mol. The van der Waals surface area contributed by atoms with Crippen molar-refractivity contribution in [2.75, 3.05) is 6.54 Å². The van der Waals surface area contributed by atoms with Crippen molar-refractivity contribution in [3.05, 3.63) is 35.9 Å². The second kappa shape index (κ2) is 4.18. The molecular formula is C9H12FNO. The maximum absolute atomic E-state index is 13.2. The number of alkyl halides is 1. The number of aliphatic hydroxyl groups is 1. The molecule has 0 saturated heterocycles. The van der Waals surface area contributed by atoms with E-state index in [0.717, 1.165) is 0 Å². The molecule has 1 rings (SSSR count). The largest absolute Gasteiger partial charge is 0.388 e. The van der Waals surface area contributed by atoms with E-state index in [1.807, 2.05) is 0 Å². The first kappa shape index (κ1) is 9.16. The molecule has 3 N–H and O–H groups in total. The molecule has 0 heterocycles. The summed E-state index contributed by atoms with van der Waals surface area (Å²) >= 11 is 0. The second-order valence-corrected chi connectivity index (χ2v) is 2.62. The van der Waals surface area contributed by atoms with Crippen LogP contribution in [0.1, 0.15) is 11.7 Å². The number of nitrogens with two attached hydrogens (primary N) is 1. The molecule has 2 atom stereocenters. The Morgan fingerprint density at radius 2 is 1.92 bits per heavy atom. The molecule has 0 unspecified atom stereocenters. The summed E-state index contributed by atoms with van der Waals surface area (Å²) in [6.45, 7) is -0.0595. The SMILES string of the molecule is NC[C@@H](O)[C@@H](F)c1ccccc1. The minimum atomic E-state index is -1.38. The fourth-order valence-electron chi connectivity index (χ4n) is 0.979. The van der Waals surface area contributed by atoms with Gasteiger partial charge in [0.15, 0.2) is 6.17 Å². The topological polar surface area (TPSA) is 46.2 Å². The van der Waals surface area contributed by atoms with Crippen molar-refractivity contribution in [2.45, 2.75) is 12.3 Å². The summed E-state index contributed by atoms with van der Waals surface area (Å²) in [5.41, 5.74) is 5.59. The fourth-order valence-corrected chi connectivity index (χ4v) is 0.979. The van der Waals surface area contributed by atoms with Crippen molar-refractivity contribution in [1.29, 1.82) is 0 Å². The molecule has 3 heteroatoms. The lowest BCUT2D eigenvalue weighted by molar-refractivity contribution is 0.0847. The zero-order valence-electron chi connectivity index (χ0n) is 6.65. The van der Waals surface area contributed by atoms with E-state index >= 15 is 0 Å². The average Bonchev–Trinajstić information content (AvgIpc) is 2.17. The molecule has 12 heavy (non-hydrogen) atoms. The van der Waals surface area contributed by atoms with Crippen LogP contribution in [0.5, 0.6) is 0 Å². The number of aliphatic hydroxyl groups excluding tert-OH is 1. The fraction of sp³-hybridized carbons (Fsp3) is 0.333. The molecule has 0 spiro atoms. The van der Waals surface area contributed by atoms with E-state index in [1.165, 1.54) is 0 Å². The van der Waals surface area contributed by atoms with Gasteiger partial charge >= 0.3 is 0 Å². The van der Waals surface area contributed by atoms with Crippen LogP contribution in [-0.4, -0.2) is 17.8 Å². The van der Waals surface area contributed by atoms with Crippen molar-refractivity contribution in [1.82, 2.24) is 0 Å². The normalized spacial score (nSPS) is 15.6. The summed E-state index contributed by atoms with van der Waals surface area (Å²) in [7, 11) is 0. The predicted octanol–water partition coefficient (Wildman–Crippen LogP) is 1.02. The lowest BCUT2D eigenvalue weighted by Crippen LogP contribution is -2.24. The summed E-state index contributed by atoms with van der Waals surface area (Å²) in [5, 5.41) is 9.08. The van der Waals surface area contributed by atoms with Gasteiger partial charge in [-0.1, -0.05) is 30.3 Å². The Bertz CT molecular complexity index is 227. The van der Waals surface area contributed by atoms with Gasteiger partial charge in [-0.2, -0.15) is 0 Å². The molecule has 0 fully saturated rings. The maximum atomic E-state index is 13.2. The molecule has 2 nitrogen and oxygen atoms in total. The van der Waals surface area contributed by atoms with Gasteiger partial charge in [0.2, 0.25) is 0 Å². The third-order valence-electron chi connectivity index (χ3n) is 1.70. The number of benzene rings is 1. The molecule has 1 aromatic rings. The van der Waals surface area contributed by atoms with E-state index in [9.17, 15) is 4.39 Å². The zero-order valence-corrected chi connectivity index (χ0v) is 6.65. The van der Waals surface area contributed by atoms with Gasteiger partial charge in [-0.15, -0.1) is 0 Å². The molecule has 0 radical (unpaired) electrons. The van der Waals surface area contributed by atoms with Crippen molar-refractivity contribution < 1.29 is 9.50 Å². The Labute approximate surface area is 70.8 Å². The molecule has 0 aliphatic carbocycles. The Hall–Kier alpha value is -0.930. The van der Waals surface area contributed by atoms with Crippen LogP contribution >= 0.6 is 0 Å². The van der Waals surface area contributed by atoms with Crippen LogP contribution in [0.25, 0.3) is 0 Å². The Kier molecular flexibility index (Phi) is 3.19. The van der Waals surface area contributed by atoms with Crippen LogP contribution in [-0.2, 0) is 0 Å². The number of hydrogen-bond acceptors (Lipinski definition) is 2. The van der Waals surface area contributed by atoms with Gasteiger partial charge in [0.25, 0.3) is 0 Å². The maximum Gasteiger partial charge on any atom is 0.152 e. The minimum Gasteiger partial charge on any atom is -0.388 e. The van der Waals surface area contributed by atoms with Gasteiger partial charge in [-0.05, 0) is 5.56 Å². The number of rotatable bonds is 3. The summed E-state index contributed by atoms with van der Waals surface area (Å²) in [6, 6.07) is 8.51. The summed E-state index contributed by atoms with van der Waals surface area (Å²) < 4.78 is 13.2. The molecule has 1 aromatic carbocycles. The molecule has 0 saturated carbocycles. The highest BCUT2D eigenvalue weighted by molar-refractivity contribution is 5.18. The van der Waals surface area contributed by atoms with Crippen LogP contribution in [0.2, 0.25) is 0 Å². The van der Waals surface area contributed by atoms with Crippen LogP contribution in [0.15, 0.2) is 30.3 Å². The second-order valence-electron chi connectivity index (χ2n) is 2.62. The lowest BCUT2D eigenvalue weighted by Gasteiger charge is -2.13. The highest BCUT2D eigenvalue weighted by Crippen LogP contribution is 2.19. The monoisotopic (exact) mass is 169 g/mol. The highest BCUT2D eigenvalue weighted by Gasteiger charge is 2.17. The zero-order chi connectivity index (χ0) is 8.97. The molecule has 0 aliphatic rings. The van der Waals surface area contributed by atoms with Gasteiger partial charge in [-0.25, -0.2) is 4.39 Å². The van der Waals surface area contributed by atoms with Crippen LogP contribution in [0.3, 0.4) is 0 Å². The standard InChI is InChI=1S/C9H12FNO/c10-9(8(12)6-11)7-4-2-1-3-5-7/h1-5,8-9,12H,6,11H2/t8-,9+/m1/s1. The van der Waals surface area contributed by atoms with E-state index in [-0.39, 0.29) is 6.54 Å². The summed E-state index contributed by atoms with van der Waals surface area (Å²) in [6.07, 6.45) is -2.48. The van der Waals surface area contributed by atoms with Crippen LogP contribution in [0, 0.1) is 0 Å². The van der Waals surface area contributed by atoms with E-state index in [0.29, 0.717) is 5.56 Å². The van der Waals surface area contributed by atoms with Gasteiger partial charge < -0.3 is 10.8 Å². The third-order valence-corrected chi connectivity index (χ3v) is 1.70. The third kappa shape index (κ3) is 2.03. The highest BCUT2D eigenvalue weighted by atomic mass is 19.1. The first-order chi connectivity index (χ1) is 5.75. The summed E-state index contributed by atoms with van der Waals surface area (Å²) in [4.78, 5) is 0. The average molecular weight is 169 g/mol. The van der Waals surface area contributed by atoms with Crippen LogP contribution in [0.4, 0.5) is 4.39 Å². The smallest absolute Gasteiger partial charge is 0.152 e. The molecular weight excluding hydrogens is 157 g/mol. The van der Waals surface area contributed by atoms with Crippen molar-refractivity contribution in [2.24, 2.45) is 5.73 Å². The van der Waals surface area contributed by atoms with Gasteiger partial charge in [0.05, 0.1) is 0 Å². The molecule has 0 amide bonds. The Morgan fingerprint density at radius 1 is 1.33 bits per heavy atom. The van der Waals surface area contributed by atoms with E-state index in [1.54, 1.807) is 30.3 Å². The quantitative estimate of drug-likeness (QED) is 0.709. The Morgan fingerprint density at radius 3 is 2.42 bits per heavy atom. The van der Waals surface area contributed by atoms with Gasteiger partial charge in [0, 0.05) is 6.54 Å². The minimum absolute atomic E-state index is 0.0595. The van der Waals surface area contributed by atoms with Crippen molar-refractivity contribution >= 4 is 0 Å². The first-order valence-electron chi connectivity index (χ1n) is 3.83. The Balaban J connectivity index is 2.71. The van der Waals surface area contributed by atoms with Crippen molar-refractivity contribution in [3.63, 3.8) is 0 Å². The number of hydrogen-bond donors (Lipinski definition) is 2. The molecule has 0 aliphatic heterocycles. The molecule has 0 aromatic heterocycles. The van der Waals surface area contributed by atoms with E-state index < -0.39 is 12.3 Å².